The number of amides is 4. The average molecular weight is 857 g/mol. The number of hydrogen-bond donors (Lipinski definition) is 0. The molecule has 3 saturated heterocycles. The molecular formula is C47H55Cl2N5O6. The molecule has 13 heteroatoms. The number of hydrogen-bond acceptors (Lipinski definition) is 9. The van der Waals surface area contributed by atoms with Crippen molar-refractivity contribution in [2.75, 3.05) is 96.8 Å². The molecule has 5 aliphatic rings. The van der Waals surface area contributed by atoms with E-state index in [0.29, 0.717) is 59.5 Å². The highest BCUT2D eigenvalue weighted by atomic mass is 35.5. The fraction of sp³-hybridized carbons (Fsp3) is 0.489. The normalized spacial score (nSPS) is 19.0. The number of anilines is 1. The summed E-state index contributed by atoms with van der Waals surface area (Å²) in [6, 6.07) is 13.6. The number of fused-ring (bicyclic) bond motifs is 2. The van der Waals surface area contributed by atoms with E-state index < -0.39 is 0 Å². The number of ether oxygens (including phenoxy) is 2. The molecule has 60 heavy (non-hydrogen) atoms. The summed E-state index contributed by atoms with van der Waals surface area (Å²) in [5.41, 5.74) is 3.04. The van der Waals surface area contributed by atoms with Crippen molar-refractivity contribution in [3.8, 4) is 0 Å². The van der Waals surface area contributed by atoms with Crippen LogP contribution in [0.25, 0.3) is 43.1 Å². The third-order valence-corrected chi connectivity index (χ3v) is 13.5. The van der Waals surface area contributed by atoms with Crippen molar-refractivity contribution in [1.29, 1.82) is 0 Å². The first-order valence-corrected chi connectivity index (χ1v) is 21.8. The van der Waals surface area contributed by atoms with Gasteiger partial charge in [0, 0.05) is 70.1 Å². The number of carbonyl (C=O) groups excluding carboxylic acids is 4. The zero-order valence-corrected chi connectivity index (χ0v) is 35.9. The van der Waals surface area contributed by atoms with Gasteiger partial charge in [-0.1, -0.05) is 31.0 Å². The van der Waals surface area contributed by atoms with Crippen molar-refractivity contribution in [3.63, 3.8) is 0 Å². The largest absolute Gasteiger partial charge is 0.378 e. The molecule has 0 unspecified atom stereocenters. The second-order valence-electron chi connectivity index (χ2n) is 16.9. The Bertz CT molecular complexity index is 2420. The fourth-order valence-corrected chi connectivity index (χ4v) is 10.5. The summed E-state index contributed by atoms with van der Waals surface area (Å²) >= 11 is 0. The maximum absolute atomic E-state index is 14.5. The summed E-state index contributed by atoms with van der Waals surface area (Å²) in [5, 5.41) is 6.82. The predicted molar refractivity (Wildman–Crippen MR) is 241 cm³/mol. The lowest BCUT2D eigenvalue weighted by Gasteiger charge is -2.34. The number of halogens is 2. The molecule has 0 N–H and O–H groups in total. The van der Waals surface area contributed by atoms with Crippen LogP contribution in [0, 0.1) is 0 Å². The first-order chi connectivity index (χ1) is 28.5. The highest BCUT2D eigenvalue weighted by Gasteiger charge is 2.38. The molecule has 0 spiro atoms. The Morgan fingerprint density at radius 3 is 1.30 bits per heavy atom. The minimum atomic E-state index is -0.306. The van der Waals surface area contributed by atoms with Crippen LogP contribution in [0.5, 0.6) is 0 Å². The van der Waals surface area contributed by atoms with E-state index >= 15 is 0 Å². The Balaban J connectivity index is 0.00000249. The number of benzene rings is 5. The molecule has 0 bridgehead atoms. The summed E-state index contributed by atoms with van der Waals surface area (Å²) in [4.78, 5) is 67.0. The van der Waals surface area contributed by atoms with E-state index in [-0.39, 0.29) is 61.5 Å². The van der Waals surface area contributed by atoms with Crippen LogP contribution in [-0.2, 0) is 9.47 Å². The monoisotopic (exact) mass is 855 g/mol. The van der Waals surface area contributed by atoms with E-state index in [1.165, 1.54) is 48.3 Å². The lowest BCUT2D eigenvalue weighted by atomic mass is 9.81. The van der Waals surface area contributed by atoms with Crippen LogP contribution in [0.1, 0.15) is 99.2 Å². The minimum Gasteiger partial charge on any atom is -0.378 e. The van der Waals surface area contributed by atoms with Crippen LogP contribution in [-0.4, -0.2) is 135 Å². The van der Waals surface area contributed by atoms with E-state index in [1.807, 2.05) is 42.5 Å². The van der Waals surface area contributed by atoms with Crippen LogP contribution >= 0.6 is 24.8 Å². The molecule has 0 saturated carbocycles. The van der Waals surface area contributed by atoms with Crippen molar-refractivity contribution in [2.45, 2.75) is 57.8 Å². The number of carbonyl (C=O) groups is 4. The third-order valence-electron chi connectivity index (χ3n) is 13.5. The van der Waals surface area contributed by atoms with Crippen LogP contribution in [0.2, 0.25) is 0 Å². The number of piperidine rings is 3. The first kappa shape index (κ1) is 42.6. The van der Waals surface area contributed by atoms with Gasteiger partial charge in [0.2, 0.25) is 0 Å². The minimum absolute atomic E-state index is 0. The number of nitrogens with zero attached hydrogens (tertiary/aromatic N) is 5. The molecule has 0 radical (unpaired) electrons. The molecule has 318 valence electrons. The van der Waals surface area contributed by atoms with Gasteiger partial charge in [-0.25, -0.2) is 0 Å². The Labute approximate surface area is 363 Å². The number of imide groups is 2. The molecule has 11 nitrogen and oxygen atoms in total. The standard InChI is InChI=1S/C47H53N5O6.2ClH/c53-44-34-13-10-31-32-11-14-36-41-37(47(56)52(46(36)55)25-29-58-27-23-49-18-6-2-7-19-49)30-38(50-20-8-3-9-21-50)42(43(32)41)33-12-15-35(40(34)39(31)33)45(54)51(44)24-28-57-26-22-48-16-4-1-5-17-48;;/h10-15,30H,1-9,16-29H2;2*1H. The topological polar surface area (TPSA) is 103 Å². The molecule has 5 aromatic carbocycles. The SMILES string of the molecule is Cl.Cl.O=C1c2ccc3c4ccc5c6c(cc(N7CCCCC7)c(c7ccc(c2c37)C(=O)N1CCOCCN1CCCCC1)c64)C(=O)N(CCOCCN1CCCCC1)C5=O. The number of rotatable bonds is 13. The fourth-order valence-electron chi connectivity index (χ4n) is 10.5. The van der Waals surface area contributed by atoms with E-state index in [9.17, 15) is 19.2 Å². The first-order valence-electron chi connectivity index (χ1n) is 21.8. The lowest BCUT2D eigenvalue weighted by Crippen LogP contribution is -2.43. The van der Waals surface area contributed by atoms with Crippen LogP contribution in [0.3, 0.4) is 0 Å². The second kappa shape index (κ2) is 18.1. The molecule has 4 amide bonds. The van der Waals surface area contributed by atoms with Crippen molar-refractivity contribution in [3.05, 3.63) is 64.7 Å². The van der Waals surface area contributed by atoms with Gasteiger partial charge in [-0.2, -0.15) is 0 Å². The van der Waals surface area contributed by atoms with Crippen molar-refractivity contribution in [2.24, 2.45) is 0 Å². The van der Waals surface area contributed by atoms with Crippen LogP contribution in [0.15, 0.2) is 42.5 Å². The summed E-state index contributed by atoms with van der Waals surface area (Å²) in [5.74, 6) is -1.20. The second-order valence-corrected chi connectivity index (χ2v) is 16.9. The quantitative estimate of drug-likeness (QED) is 0.0509. The lowest BCUT2D eigenvalue weighted by molar-refractivity contribution is 0.0479. The smallest absolute Gasteiger partial charge is 0.261 e. The van der Waals surface area contributed by atoms with Crippen molar-refractivity contribution in [1.82, 2.24) is 19.6 Å². The summed E-state index contributed by atoms with van der Waals surface area (Å²) in [6.45, 7) is 9.95. The Hall–Kier alpha value is -4.10. The van der Waals surface area contributed by atoms with E-state index in [0.717, 1.165) is 110 Å². The van der Waals surface area contributed by atoms with Gasteiger partial charge in [-0.3, -0.25) is 29.0 Å². The van der Waals surface area contributed by atoms with Crippen LogP contribution in [0.4, 0.5) is 5.69 Å². The highest BCUT2D eigenvalue weighted by Crippen LogP contribution is 2.49. The summed E-state index contributed by atoms with van der Waals surface area (Å²) < 4.78 is 12.0. The Kier molecular flexibility index (Phi) is 12.8. The molecule has 10 rings (SSSR count). The Morgan fingerprint density at radius 1 is 0.400 bits per heavy atom. The third kappa shape index (κ3) is 7.39. The van der Waals surface area contributed by atoms with Gasteiger partial charge in [0.25, 0.3) is 23.6 Å². The number of likely N-dealkylation sites (tertiary alicyclic amines) is 2. The summed E-state index contributed by atoms with van der Waals surface area (Å²) in [7, 11) is 0. The maximum atomic E-state index is 14.5. The molecule has 3 fully saturated rings. The predicted octanol–water partition coefficient (Wildman–Crippen LogP) is 7.77. The van der Waals surface area contributed by atoms with Gasteiger partial charge in [0.1, 0.15) is 0 Å². The van der Waals surface area contributed by atoms with E-state index in [1.54, 1.807) is 0 Å². The maximum Gasteiger partial charge on any atom is 0.261 e. The molecule has 5 heterocycles. The molecular weight excluding hydrogens is 801 g/mol. The molecule has 5 aliphatic heterocycles. The summed E-state index contributed by atoms with van der Waals surface area (Å²) in [6.07, 6.45) is 10.7. The van der Waals surface area contributed by atoms with Gasteiger partial charge in [-0.15, -0.1) is 24.8 Å². The van der Waals surface area contributed by atoms with Crippen LogP contribution < -0.4 is 4.90 Å². The van der Waals surface area contributed by atoms with Gasteiger partial charge in [-0.05, 0) is 117 Å². The molecule has 0 aromatic heterocycles. The zero-order valence-electron chi connectivity index (χ0n) is 34.3. The van der Waals surface area contributed by atoms with Crippen molar-refractivity contribution >= 4 is 97.2 Å². The highest BCUT2D eigenvalue weighted by molar-refractivity contribution is 6.42. The zero-order chi connectivity index (χ0) is 39.3. The van der Waals surface area contributed by atoms with Gasteiger partial charge in [0.05, 0.1) is 45.1 Å². The van der Waals surface area contributed by atoms with E-state index in [2.05, 4.69) is 14.7 Å². The average Bonchev–Trinajstić information content (AvgIpc) is 3.26. The molecule has 0 aliphatic carbocycles. The Morgan fingerprint density at radius 2 is 0.800 bits per heavy atom. The van der Waals surface area contributed by atoms with Crippen molar-refractivity contribution < 1.29 is 28.7 Å². The van der Waals surface area contributed by atoms with Gasteiger partial charge in [0.15, 0.2) is 0 Å². The van der Waals surface area contributed by atoms with Gasteiger partial charge >= 0.3 is 0 Å². The van der Waals surface area contributed by atoms with Gasteiger partial charge < -0.3 is 24.2 Å². The molecule has 0 atom stereocenters. The van der Waals surface area contributed by atoms with E-state index in [4.69, 9.17) is 9.47 Å². The molecule has 5 aromatic rings.